The maximum Gasteiger partial charge on any atom is 0.335 e. The summed E-state index contributed by atoms with van der Waals surface area (Å²) in [4.78, 5) is 0. The molecule has 0 bridgehead atoms. The van der Waals surface area contributed by atoms with Crippen molar-refractivity contribution in [3.05, 3.63) is 28.8 Å². The maximum absolute atomic E-state index is 12.8. The fourth-order valence-electron chi connectivity index (χ4n) is 2.45. The first-order chi connectivity index (χ1) is 11.3. The molecular formula is C19H35O4PSi. The van der Waals surface area contributed by atoms with Gasteiger partial charge in [0.25, 0.3) is 8.32 Å². The number of aryl methyl sites for hydroxylation is 2. The Kier molecular flexibility index (Phi) is 7.52. The van der Waals surface area contributed by atoms with Crippen LogP contribution in [0, 0.1) is 13.8 Å². The number of hydrogen-bond acceptors (Lipinski definition) is 4. The highest BCUT2D eigenvalue weighted by Gasteiger charge is 2.39. The third kappa shape index (κ3) is 5.95. The molecule has 1 aromatic rings. The molecule has 0 atom stereocenters. The first kappa shape index (κ1) is 22.4. The van der Waals surface area contributed by atoms with Crippen LogP contribution >= 0.6 is 7.60 Å². The molecule has 0 aliphatic carbocycles. The minimum Gasteiger partial charge on any atom is -0.543 e. The van der Waals surface area contributed by atoms with Crippen LogP contribution in [-0.2, 0) is 19.8 Å². The molecule has 0 aliphatic heterocycles. The van der Waals surface area contributed by atoms with Crippen LogP contribution in [0.4, 0.5) is 0 Å². The summed E-state index contributed by atoms with van der Waals surface area (Å²) < 4.78 is 30.1. The average Bonchev–Trinajstić information content (AvgIpc) is 2.42. The Morgan fingerprint density at radius 3 is 1.80 bits per heavy atom. The molecule has 1 rings (SSSR count). The van der Waals surface area contributed by atoms with Crippen molar-refractivity contribution in [1.29, 1.82) is 0 Å². The fraction of sp³-hybridized carbons (Fsp3) is 0.684. The van der Waals surface area contributed by atoms with E-state index in [2.05, 4.69) is 33.9 Å². The Morgan fingerprint density at radius 1 is 1.00 bits per heavy atom. The van der Waals surface area contributed by atoms with Crippen molar-refractivity contribution in [3.8, 4) is 5.75 Å². The van der Waals surface area contributed by atoms with Crippen LogP contribution in [0.15, 0.2) is 12.1 Å². The van der Waals surface area contributed by atoms with Crippen LogP contribution < -0.4 is 4.43 Å². The predicted octanol–water partition coefficient (Wildman–Crippen LogP) is 6.45. The molecule has 1 aromatic carbocycles. The van der Waals surface area contributed by atoms with E-state index >= 15 is 0 Å². The smallest absolute Gasteiger partial charge is 0.335 e. The lowest BCUT2D eigenvalue weighted by Crippen LogP contribution is -2.44. The average molecular weight is 387 g/mol. The molecule has 0 radical (unpaired) electrons. The summed E-state index contributed by atoms with van der Waals surface area (Å²) in [5.74, 6) is 0.956. The Balaban J connectivity index is 3.13. The van der Waals surface area contributed by atoms with E-state index in [4.69, 9.17) is 13.5 Å². The van der Waals surface area contributed by atoms with E-state index in [-0.39, 0.29) is 11.2 Å². The highest BCUT2D eigenvalue weighted by Crippen LogP contribution is 2.51. The second-order valence-electron chi connectivity index (χ2n) is 8.03. The van der Waals surface area contributed by atoms with Gasteiger partial charge < -0.3 is 13.5 Å². The van der Waals surface area contributed by atoms with Gasteiger partial charge in [0.2, 0.25) is 0 Å². The van der Waals surface area contributed by atoms with Crippen LogP contribution in [-0.4, -0.2) is 21.5 Å². The van der Waals surface area contributed by atoms with Crippen molar-refractivity contribution in [2.24, 2.45) is 0 Å². The summed E-state index contributed by atoms with van der Waals surface area (Å²) in [5, 5.41) is 0.143. The van der Waals surface area contributed by atoms with Gasteiger partial charge in [-0.3, -0.25) is 4.57 Å². The summed E-state index contributed by atoms with van der Waals surface area (Å²) in [6.45, 7) is 19.7. The van der Waals surface area contributed by atoms with Gasteiger partial charge in [0, 0.05) is 0 Å². The van der Waals surface area contributed by atoms with Crippen LogP contribution in [0.5, 0.6) is 5.75 Å². The topological polar surface area (TPSA) is 44.8 Å². The van der Waals surface area contributed by atoms with E-state index in [0.29, 0.717) is 13.2 Å². The summed E-state index contributed by atoms with van der Waals surface area (Å²) in [6, 6.07) is 4.08. The third-order valence-electron chi connectivity index (χ3n) is 4.71. The molecule has 4 nitrogen and oxygen atoms in total. The molecule has 25 heavy (non-hydrogen) atoms. The third-order valence-corrected chi connectivity index (χ3v) is 11.1. The molecule has 0 heterocycles. The van der Waals surface area contributed by atoms with E-state index in [9.17, 15) is 4.57 Å². The van der Waals surface area contributed by atoms with Crippen molar-refractivity contribution in [2.75, 3.05) is 13.2 Å². The molecular weight excluding hydrogens is 351 g/mol. The van der Waals surface area contributed by atoms with Gasteiger partial charge in [-0.25, -0.2) is 0 Å². The van der Waals surface area contributed by atoms with Crippen LogP contribution in [0.25, 0.3) is 0 Å². The second-order valence-corrected chi connectivity index (χ2v) is 14.8. The molecule has 0 spiro atoms. The molecule has 0 aliphatic rings. The van der Waals surface area contributed by atoms with Gasteiger partial charge in [-0.15, -0.1) is 0 Å². The minimum absolute atomic E-state index is 0.143. The standard InChI is InChI=1S/C19H35O4PSi/c1-10-21-24(20,22-11-2)14-17-12-15(3)18(16(4)13-17)23-25(8,9)19(5,6)7/h12-13H,10-11,14H2,1-9H3. The van der Waals surface area contributed by atoms with Crippen molar-refractivity contribution in [1.82, 2.24) is 0 Å². The lowest BCUT2D eigenvalue weighted by Gasteiger charge is -2.37. The van der Waals surface area contributed by atoms with Crippen molar-refractivity contribution in [2.45, 2.75) is 72.8 Å². The normalized spacial score (nSPS) is 13.2. The zero-order valence-corrected chi connectivity index (χ0v) is 19.3. The Labute approximate surface area is 154 Å². The Morgan fingerprint density at radius 2 is 1.44 bits per heavy atom. The molecule has 144 valence electrons. The van der Waals surface area contributed by atoms with Crippen molar-refractivity contribution >= 4 is 15.9 Å². The first-order valence-corrected chi connectivity index (χ1v) is 13.7. The van der Waals surface area contributed by atoms with Gasteiger partial charge in [0.05, 0.1) is 19.4 Å². The molecule has 0 saturated heterocycles. The monoisotopic (exact) mass is 386 g/mol. The molecule has 6 heteroatoms. The highest BCUT2D eigenvalue weighted by atomic mass is 31.2. The quantitative estimate of drug-likeness (QED) is 0.380. The number of benzene rings is 1. The van der Waals surface area contributed by atoms with Crippen molar-refractivity contribution in [3.63, 3.8) is 0 Å². The number of rotatable bonds is 8. The number of hydrogen-bond donors (Lipinski definition) is 0. The predicted molar refractivity (Wildman–Crippen MR) is 108 cm³/mol. The Bertz CT molecular complexity index is 602. The van der Waals surface area contributed by atoms with E-state index in [1.807, 2.05) is 39.8 Å². The van der Waals surface area contributed by atoms with E-state index in [1.165, 1.54) is 0 Å². The molecule has 0 fully saturated rings. The van der Waals surface area contributed by atoms with Crippen LogP contribution in [0.1, 0.15) is 51.3 Å². The largest absolute Gasteiger partial charge is 0.543 e. The van der Waals surface area contributed by atoms with Crippen LogP contribution in [0.3, 0.4) is 0 Å². The molecule has 0 amide bonds. The minimum atomic E-state index is -3.10. The van der Waals surface area contributed by atoms with Gasteiger partial charge in [-0.1, -0.05) is 32.9 Å². The van der Waals surface area contributed by atoms with Gasteiger partial charge in [0.15, 0.2) is 0 Å². The Hall–Kier alpha value is -0.613. The van der Waals surface area contributed by atoms with Crippen molar-refractivity contribution < 1.29 is 18.0 Å². The van der Waals surface area contributed by atoms with E-state index in [1.54, 1.807) is 0 Å². The highest BCUT2D eigenvalue weighted by molar-refractivity contribution is 7.53. The first-order valence-electron chi connectivity index (χ1n) is 9.02. The molecule has 0 unspecified atom stereocenters. The van der Waals surface area contributed by atoms with Gasteiger partial charge in [-0.2, -0.15) is 0 Å². The SMILES string of the molecule is CCOP(=O)(Cc1cc(C)c(O[Si](C)(C)C(C)(C)C)c(C)c1)OCC. The van der Waals surface area contributed by atoms with Gasteiger partial charge in [0.1, 0.15) is 5.75 Å². The fourth-order valence-corrected chi connectivity index (χ4v) is 5.26. The van der Waals surface area contributed by atoms with E-state index in [0.717, 1.165) is 22.4 Å². The lowest BCUT2D eigenvalue weighted by atomic mass is 10.1. The second kappa shape index (κ2) is 8.39. The molecule has 0 N–H and O–H groups in total. The molecule has 0 aromatic heterocycles. The molecule has 0 saturated carbocycles. The summed E-state index contributed by atoms with van der Waals surface area (Å²) >= 11 is 0. The summed E-state index contributed by atoms with van der Waals surface area (Å²) in [5.41, 5.74) is 3.10. The lowest BCUT2D eigenvalue weighted by molar-refractivity contribution is 0.219. The zero-order valence-electron chi connectivity index (χ0n) is 17.4. The van der Waals surface area contributed by atoms with E-state index < -0.39 is 15.9 Å². The van der Waals surface area contributed by atoms with Gasteiger partial charge >= 0.3 is 7.60 Å². The zero-order chi connectivity index (χ0) is 19.5. The van der Waals surface area contributed by atoms with Gasteiger partial charge in [-0.05, 0) is 62.5 Å². The summed E-state index contributed by atoms with van der Waals surface area (Å²) in [7, 11) is -5.00. The maximum atomic E-state index is 12.8. The van der Waals surface area contributed by atoms with Crippen LogP contribution in [0.2, 0.25) is 18.1 Å². The summed E-state index contributed by atoms with van der Waals surface area (Å²) in [6.07, 6.45) is 0.288.